The normalized spacial score (nSPS) is 10.8. The summed E-state index contributed by atoms with van der Waals surface area (Å²) >= 11 is 7.77. The average molecular weight is 320 g/mol. The summed E-state index contributed by atoms with van der Waals surface area (Å²) in [6, 6.07) is 9.80. The van der Waals surface area contributed by atoms with E-state index < -0.39 is 0 Å². The molecule has 0 amide bonds. The van der Waals surface area contributed by atoms with Crippen LogP contribution in [0.3, 0.4) is 0 Å². The molecule has 0 aliphatic rings. The van der Waals surface area contributed by atoms with Crippen molar-refractivity contribution in [3.05, 3.63) is 46.7 Å². The van der Waals surface area contributed by atoms with Gasteiger partial charge in [0, 0.05) is 12.4 Å². The second kappa shape index (κ2) is 5.87. The van der Waals surface area contributed by atoms with Crippen LogP contribution in [0.2, 0.25) is 5.15 Å². The summed E-state index contributed by atoms with van der Waals surface area (Å²) in [5, 5.41) is 3.38. The number of fused-ring (bicyclic) bond motifs is 1. The van der Waals surface area contributed by atoms with Crippen LogP contribution in [0.1, 0.15) is 5.82 Å². The molecule has 2 aromatic heterocycles. The molecule has 3 aromatic rings. The predicted molar refractivity (Wildman–Crippen MR) is 87.5 cm³/mol. The Morgan fingerprint density at radius 2 is 2.05 bits per heavy atom. The fraction of sp³-hybridized carbons (Fsp3) is 0.200. The Hall–Kier alpha value is -1.85. The van der Waals surface area contributed by atoms with Crippen molar-refractivity contribution in [2.24, 2.45) is 0 Å². The van der Waals surface area contributed by atoms with Gasteiger partial charge >= 0.3 is 0 Å². The molecule has 1 aromatic carbocycles. The van der Waals surface area contributed by atoms with E-state index in [0.29, 0.717) is 17.5 Å². The van der Waals surface area contributed by atoms with Crippen LogP contribution in [0.4, 0.5) is 5.69 Å². The number of ether oxygens (including phenoxy) is 1. The number of rotatable bonds is 4. The van der Waals surface area contributed by atoms with E-state index in [0.717, 1.165) is 21.7 Å². The molecule has 108 valence electrons. The van der Waals surface area contributed by atoms with Crippen molar-refractivity contribution in [1.82, 2.24) is 9.97 Å². The lowest BCUT2D eigenvalue weighted by Crippen LogP contribution is -2.19. The zero-order valence-electron chi connectivity index (χ0n) is 11.7. The Bertz CT molecular complexity index is 774. The zero-order chi connectivity index (χ0) is 14.8. The second-order valence-corrected chi connectivity index (χ2v) is 5.85. The van der Waals surface area contributed by atoms with Gasteiger partial charge in [0.15, 0.2) is 5.82 Å². The highest BCUT2D eigenvalue weighted by Gasteiger charge is 2.12. The number of halogens is 1. The molecular weight excluding hydrogens is 306 g/mol. The molecule has 3 rings (SSSR count). The minimum atomic E-state index is 0.504. The summed E-state index contributed by atoms with van der Waals surface area (Å²) in [5.74, 6) is 1.52. The number of methoxy groups -OCH3 is 1. The number of aromatic nitrogens is 2. The van der Waals surface area contributed by atoms with Gasteiger partial charge in [-0.15, -0.1) is 11.3 Å². The van der Waals surface area contributed by atoms with Gasteiger partial charge in [-0.05, 0) is 23.6 Å². The van der Waals surface area contributed by atoms with E-state index in [2.05, 4.69) is 9.97 Å². The molecule has 0 unspecified atom stereocenters. The SMILES string of the molecule is COc1ccccc1N(C)Cc1nc(Cl)c2ccsc2n1. The molecule has 0 radical (unpaired) electrons. The Morgan fingerprint density at radius 3 is 2.86 bits per heavy atom. The molecule has 0 spiro atoms. The Balaban J connectivity index is 1.90. The van der Waals surface area contributed by atoms with E-state index in [9.17, 15) is 0 Å². The van der Waals surface area contributed by atoms with Gasteiger partial charge < -0.3 is 9.64 Å². The highest BCUT2D eigenvalue weighted by Crippen LogP contribution is 2.29. The van der Waals surface area contributed by atoms with Crippen LogP contribution in [0.15, 0.2) is 35.7 Å². The van der Waals surface area contributed by atoms with Crippen LogP contribution < -0.4 is 9.64 Å². The Kier molecular flexibility index (Phi) is 3.94. The first-order valence-electron chi connectivity index (χ1n) is 6.43. The van der Waals surface area contributed by atoms with Crippen molar-refractivity contribution in [2.45, 2.75) is 6.54 Å². The first-order chi connectivity index (χ1) is 10.2. The van der Waals surface area contributed by atoms with Crippen LogP contribution in [-0.2, 0) is 6.54 Å². The van der Waals surface area contributed by atoms with Crippen LogP contribution in [0.5, 0.6) is 5.75 Å². The molecule has 4 nitrogen and oxygen atoms in total. The molecule has 0 N–H and O–H groups in total. The standard InChI is InChI=1S/C15H14ClN3OS/c1-19(11-5-3-4-6-12(11)20-2)9-13-17-14(16)10-7-8-21-15(10)18-13/h3-8H,9H2,1-2H3. The number of anilines is 1. The first-order valence-corrected chi connectivity index (χ1v) is 7.68. The number of thiophene rings is 1. The van der Waals surface area contributed by atoms with E-state index in [-0.39, 0.29) is 0 Å². The van der Waals surface area contributed by atoms with Gasteiger partial charge in [-0.2, -0.15) is 0 Å². The molecule has 21 heavy (non-hydrogen) atoms. The van der Waals surface area contributed by atoms with E-state index in [1.165, 1.54) is 0 Å². The fourth-order valence-electron chi connectivity index (χ4n) is 2.17. The van der Waals surface area contributed by atoms with E-state index >= 15 is 0 Å². The van der Waals surface area contributed by atoms with Crippen molar-refractivity contribution in [3.63, 3.8) is 0 Å². The molecule has 0 atom stereocenters. The second-order valence-electron chi connectivity index (χ2n) is 4.60. The van der Waals surface area contributed by atoms with Crippen LogP contribution in [0, 0.1) is 0 Å². The molecule has 6 heteroatoms. The molecule has 0 saturated heterocycles. The van der Waals surface area contributed by atoms with Gasteiger partial charge in [0.1, 0.15) is 15.7 Å². The lowest BCUT2D eigenvalue weighted by atomic mass is 10.2. The molecular formula is C15H14ClN3OS. The first kappa shape index (κ1) is 14.1. The van der Waals surface area contributed by atoms with Crippen LogP contribution in [-0.4, -0.2) is 24.1 Å². The maximum absolute atomic E-state index is 6.20. The maximum atomic E-state index is 6.20. The Labute approximate surface area is 132 Å². The van der Waals surface area contributed by atoms with E-state index in [1.807, 2.05) is 47.7 Å². The molecule has 2 heterocycles. The van der Waals surface area contributed by atoms with Crippen molar-refractivity contribution >= 4 is 38.8 Å². The molecule has 0 aliphatic carbocycles. The van der Waals surface area contributed by atoms with Crippen molar-refractivity contribution in [1.29, 1.82) is 0 Å². The monoisotopic (exact) mass is 319 g/mol. The van der Waals surface area contributed by atoms with Gasteiger partial charge in [0.25, 0.3) is 0 Å². The van der Waals surface area contributed by atoms with Crippen LogP contribution in [0.25, 0.3) is 10.2 Å². The summed E-state index contributed by atoms with van der Waals surface area (Å²) in [6.07, 6.45) is 0. The number of benzene rings is 1. The van der Waals surface area contributed by atoms with Gasteiger partial charge in [-0.1, -0.05) is 23.7 Å². The summed E-state index contributed by atoms with van der Waals surface area (Å²) in [6.45, 7) is 0.563. The van der Waals surface area contributed by atoms with E-state index in [4.69, 9.17) is 16.3 Å². The summed E-state index contributed by atoms with van der Waals surface area (Å²) in [7, 11) is 3.64. The largest absolute Gasteiger partial charge is 0.495 e. The molecule has 0 bridgehead atoms. The van der Waals surface area contributed by atoms with E-state index in [1.54, 1.807) is 18.4 Å². The average Bonchev–Trinajstić information content (AvgIpc) is 2.96. The summed E-state index contributed by atoms with van der Waals surface area (Å²) < 4.78 is 5.38. The maximum Gasteiger partial charge on any atom is 0.151 e. The Morgan fingerprint density at radius 1 is 1.24 bits per heavy atom. The molecule has 0 fully saturated rings. The van der Waals surface area contributed by atoms with Gasteiger partial charge in [0.2, 0.25) is 0 Å². The van der Waals surface area contributed by atoms with Crippen molar-refractivity contribution < 1.29 is 4.74 Å². The topological polar surface area (TPSA) is 38.2 Å². The third-order valence-electron chi connectivity index (χ3n) is 3.20. The molecule has 0 aliphatic heterocycles. The molecule has 0 saturated carbocycles. The zero-order valence-corrected chi connectivity index (χ0v) is 13.3. The third kappa shape index (κ3) is 2.80. The van der Waals surface area contributed by atoms with Crippen molar-refractivity contribution in [3.8, 4) is 5.75 Å². The number of para-hydroxylation sites is 2. The van der Waals surface area contributed by atoms with Gasteiger partial charge in [-0.3, -0.25) is 0 Å². The lowest BCUT2D eigenvalue weighted by molar-refractivity contribution is 0.414. The fourth-order valence-corrected chi connectivity index (χ4v) is 3.26. The minimum Gasteiger partial charge on any atom is -0.495 e. The highest BCUT2D eigenvalue weighted by molar-refractivity contribution is 7.16. The summed E-state index contributed by atoms with van der Waals surface area (Å²) in [4.78, 5) is 11.9. The quantitative estimate of drug-likeness (QED) is 0.682. The summed E-state index contributed by atoms with van der Waals surface area (Å²) in [5.41, 5.74) is 0.992. The third-order valence-corrected chi connectivity index (χ3v) is 4.29. The number of hydrogen-bond donors (Lipinski definition) is 0. The highest BCUT2D eigenvalue weighted by atomic mass is 35.5. The minimum absolute atomic E-state index is 0.504. The predicted octanol–water partition coefficient (Wildman–Crippen LogP) is 3.99. The smallest absolute Gasteiger partial charge is 0.151 e. The van der Waals surface area contributed by atoms with Crippen molar-refractivity contribution in [2.75, 3.05) is 19.1 Å². The lowest BCUT2D eigenvalue weighted by Gasteiger charge is -2.20. The van der Waals surface area contributed by atoms with Gasteiger partial charge in [-0.25, -0.2) is 9.97 Å². The van der Waals surface area contributed by atoms with Crippen LogP contribution >= 0.6 is 22.9 Å². The number of nitrogens with zero attached hydrogens (tertiary/aromatic N) is 3. The van der Waals surface area contributed by atoms with Gasteiger partial charge in [0.05, 0.1) is 19.3 Å². The number of hydrogen-bond acceptors (Lipinski definition) is 5.